The van der Waals surface area contributed by atoms with Gasteiger partial charge in [-0.05, 0) is 26.8 Å². The first-order valence-corrected chi connectivity index (χ1v) is 6.85. The van der Waals surface area contributed by atoms with E-state index in [1.54, 1.807) is 0 Å². The van der Waals surface area contributed by atoms with Crippen molar-refractivity contribution in [3.63, 3.8) is 0 Å². The van der Waals surface area contributed by atoms with Gasteiger partial charge in [-0.15, -0.1) is 0 Å². The summed E-state index contributed by atoms with van der Waals surface area (Å²) in [6, 6.07) is 0. The van der Waals surface area contributed by atoms with E-state index in [9.17, 15) is 8.42 Å². The van der Waals surface area contributed by atoms with Crippen LogP contribution in [0.15, 0.2) is 0 Å². The summed E-state index contributed by atoms with van der Waals surface area (Å²) in [4.78, 5) is 0. The standard InChI is InChI=1S/C9H19NO3S/c1-3-13-9(8-10-2)4-6-14(11,12)7-5-9/h10H,3-8H2,1-2H3. The van der Waals surface area contributed by atoms with E-state index in [0.29, 0.717) is 19.4 Å². The third kappa shape index (κ3) is 2.93. The van der Waals surface area contributed by atoms with Crippen molar-refractivity contribution >= 4 is 9.84 Å². The number of nitrogens with one attached hydrogen (secondary N) is 1. The van der Waals surface area contributed by atoms with Gasteiger partial charge in [0.05, 0.1) is 17.1 Å². The van der Waals surface area contributed by atoms with Gasteiger partial charge in [-0.2, -0.15) is 0 Å². The van der Waals surface area contributed by atoms with E-state index < -0.39 is 9.84 Å². The summed E-state index contributed by atoms with van der Waals surface area (Å²) in [6.45, 7) is 3.32. The second-order valence-electron chi connectivity index (χ2n) is 3.80. The predicted octanol–water partition coefficient (Wildman–Crippen LogP) is 0.190. The maximum Gasteiger partial charge on any atom is 0.150 e. The highest BCUT2D eigenvalue weighted by atomic mass is 32.2. The Kier molecular flexibility index (Phi) is 3.92. The van der Waals surface area contributed by atoms with Gasteiger partial charge in [-0.3, -0.25) is 0 Å². The van der Waals surface area contributed by atoms with Crippen molar-refractivity contribution in [1.29, 1.82) is 0 Å². The smallest absolute Gasteiger partial charge is 0.150 e. The molecule has 4 nitrogen and oxygen atoms in total. The molecule has 1 heterocycles. The quantitative estimate of drug-likeness (QED) is 0.736. The second-order valence-corrected chi connectivity index (χ2v) is 6.10. The summed E-state index contributed by atoms with van der Waals surface area (Å²) in [5.41, 5.74) is -0.255. The molecule has 0 bridgehead atoms. The molecule has 0 spiro atoms. The first kappa shape index (κ1) is 11.9. The number of hydrogen-bond acceptors (Lipinski definition) is 4. The summed E-state index contributed by atoms with van der Waals surface area (Å²) in [6.07, 6.45) is 1.23. The van der Waals surface area contributed by atoms with Gasteiger partial charge >= 0.3 is 0 Å². The van der Waals surface area contributed by atoms with Crippen LogP contribution < -0.4 is 5.32 Å². The minimum Gasteiger partial charge on any atom is -0.374 e. The molecule has 0 radical (unpaired) electrons. The van der Waals surface area contributed by atoms with E-state index in [2.05, 4.69) is 5.32 Å². The third-order valence-corrected chi connectivity index (χ3v) is 4.34. The summed E-state index contributed by atoms with van der Waals surface area (Å²) in [5, 5.41) is 3.07. The first-order chi connectivity index (χ1) is 6.54. The molecule has 0 aromatic heterocycles. The highest BCUT2D eigenvalue weighted by molar-refractivity contribution is 7.91. The van der Waals surface area contributed by atoms with Gasteiger partial charge in [0, 0.05) is 13.2 Å². The van der Waals surface area contributed by atoms with Crippen LogP contribution in [0.5, 0.6) is 0 Å². The lowest BCUT2D eigenvalue weighted by Crippen LogP contribution is -2.48. The van der Waals surface area contributed by atoms with Crippen LogP contribution >= 0.6 is 0 Å². The Bertz CT molecular complexity index is 252. The first-order valence-electron chi connectivity index (χ1n) is 5.02. The van der Waals surface area contributed by atoms with Crippen molar-refractivity contribution in [3.8, 4) is 0 Å². The molecule has 0 aliphatic carbocycles. The molecule has 0 aromatic carbocycles. The minimum atomic E-state index is -2.80. The van der Waals surface area contributed by atoms with E-state index in [1.807, 2.05) is 14.0 Å². The maximum absolute atomic E-state index is 11.3. The minimum absolute atomic E-state index is 0.255. The van der Waals surface area contributed by atoms with Crippen LogP contribution in [0.2, 0.25) is 0 Å². The molecule has 1 aliphatic heterocycles. The fraction of sp³-hybridized carbons (Fsp3) is 1.00. The number of sulfone groups is 1. The fourth-order valence-electron chi connectivity index (χ4n) is 1.91. The number of hydrogen-bond donors (Lipinski definition) is 1. The van der Waals surface area contributed by atoms with E-state index in [1.165, 1.54) is 0 Å². The molecular formula is C9H19NO3S. The van der Waals surface area contributed by atoms with Crippen LogP contribution in [-0.4, -0.2) is 45.7 Å². The molecule has 14 heavy (non-hydrogen) atoms. The van der Waals surface area contributed by atoms with Crippen molar-refractivity contribution < 1.29 is 13.2 Å². The van der Waals surface area contributed by atoms with Crippen molar-refractivity contribution in [1.82, 2.24) is 5.32 Å². The molecular weight excluding hydrogens is 202 g/mol. The molecule has 0 saturated carbocycles. The second kappa shape index (κ2) is 4.59. The van der Waals surface area contributed by atoms with E-state index >= 15 is 0 Å². The Hall–Kier alpha value is -0.130. The number of likely N-dealkylation sites (N-methyl/N-ethyl adjacent to an activating group) is 1. The van der Waals surface area contributed by atoms with Crippen molar-refractivity contribution in [2.75, 3.05) is 31.7 Å². The van der Waals surface area contributed by atoms with Crippen molar-refractivity contribution in [2.24, 2.45) is 0 Å². The monoisotopic (exact) mass is 221 g/mol. The molecule has 0 atom stereocenters. The van der Waals surface area contributed by atoms with Crippen molar-refractivity contribution in [2.45, 2.75) is 25.4 Å². The topological polar surface area (TPSA) is 55.4 Å². The number of ether oxygens (including phenoxy) is 1. The zero-order valence-electron chi connectivity index (χ0n) is 8.88. The van der Waals surface area contributed by atoms with Crippen LogP contribution in [0.25, 0.3) is 0 Å². The fourth-order valence-corrected chi connectivity index (χ4v) is 3.48. The van der Waals surface area contributed by atoms with Gasteiger partial charge in [-0.25, -0.2) is 8.42 Å². The van der Waals surface area contributed by atoms with E-state index in [0.717, 1.165) is 6.54 Å². The molecule has 1 N–H and O–H groups in total. The molecule has 1 rings (SSSR count). The lowest BCUT2D eigenvalue weighted by molar-refractivity contribution is -0.0437. The normalized spacial score (nSPS) is 24.7. The molecule has 0 unspecified atom stereocenters. The van der Waals surface area contributed by atoms with Crippen LogP contribution in [-0.2, 0) is 14.6 Å². The Morgan fingerprint density at radius 2 is 1.93 bits per heavy atom. The van der Waals surface area contributed by atoms with Crippen LogP contribution in [0, 0.1) is 0 Å². The molecule has 1 fully saturated rings. The summed E-state index contributed by atoms with van der Waals surface area (Å²) >= 11 is 0. The summed E-state index contributed by atoms with van der Waals surface area (Å²) in [5.74, 6) is 0.517. The highest BCUT2D eigenvalue weighted by Gasteiger charge is 2.37. The van der Waals surface area contributed by atoms with Gasteiger partial charge in [0.2, 0.25) is 0 Å². The van der Waals surface area contributed by atoms with E-state index in [-0.39, 0.29) is 17.1 Å². The Morgan fingerprint density at radius 3 is 2.36 bits per heavy atom. The van der Waals surface area contributed by atoms with Crippen LogP contribution in [0.4, 0.5) is 0 Å². The van der Waals surface area contributed by atoms with Crippen LogP contribution in [0.3, 0.4) is 0 Å². The highest BCUT2D eigenvalue weighted by Crippen LogP contribution is 2.26. The average molecular weight is 221 g/mol. The molecule has 84 valence electrons. The van der Waals surface area contributed by atoms with Gasteiger partial charge in [0.1, 0.15) is 0 Å². The molecule has 1 saturated heterocycles. The van der Waals surface area contributed by atoms with Gasteiger partial charge in [0.15, 0.2) is 9.84 Å². The van der Waals surface area contributed by atoms with Crippen molar-refractivity contribution in [3.05, 3.63) is 0 Å². The SMILES string of the molecule is CCOC1(CNC)CCS(=O)(=O)CC1. The zero-order valence-corrected chi connectivity index (χ0v) is 9.69. The third-order valence-electron chi connectivity index (χ3n) is 2.69. The van der Waals surface area contributed by atoms with Gasteiger partial charge in [0.25, 0.3) is 0 Å². The summed E-state index contributed by atoms with van der Waals surface area (Å²) in [7, 11) is -0.933. The number of rotatable bonds is 4. The zero-order chi connectivity index (χ0) is 10.7. The van der Waals surface area contributed by atoms with E-state index in [4.69, 9.17) is 4.74 Å². The lowest BCUT2D eigenvalue weighted by Gasteiger charge is -2.36. The van der Waals surface area contributed by atoms with Gasteiger partial charge < -0.3 is 10.1 Å². The lowest BCUT2D eigenvalue weighted by atomic mass is 9.96. The summed E-state index contributed by atoms with van der Waals surface area (Å²) < 4.78 is 28.2. The Morgan fingerprint density at radius 1 is 1.36 bits per heavy atom. The predicted molar refractivity (Wildman–Crippen MR) is 56.2 cm³/mol. The molecule has 0 amide bonds. The Balaban J connectivity index is 2.63. The maximum atomic E-state index is 11.3. The van der Waals surface area contributed by atoms with Crippen LogP contribution in [0.1, 0.15) is 19.8 Å². The molecule has 5 heteroatoms. The van der Waals surface area contributed by atoms with Gasteiger partial charge in [-0.1, -0.05) is 0 Å². The largest absolute Gasteiger partial charge is 0.374 e. The molecule has 0 aromatic rings. The average Bonchev–Trinajstić information content (AvgIpc) is 2.12. The molecule has 1 aliphatic rings. The Labute approximate surface area is 85.9 Å².